The van der Waals surface area contributed by atoms with Gasteiger partial charge in [-0.15, -0.1) is 0 Å². The normalized spacial score (nSPS) is 16.5. The van der Waals surface area contributed by atoms with Crippen LogP contribution in [0.4, 0.5) is 23.4 Å². The second-order valence-electron chi connectivity index (χ2n) is 7.60. The van der Waals surface area contributed by atoms with Gasteiger partial charge < -0.3 is 16.4 Å². The van der Waals surface area contributed by atoms with E-state index in [0.717, 1.165) is 31.8 Å². The van der Waals surface area contributed by atoms with Crippen LogP contribution in [0.15, 0.2) is 30.9 Å². The van der Waals surface area contributed by atoms with E-state index in [9.17, 15) is 22.4 Å². The van der Waals surface area contributed by atoms with Gasteiger partial charge in [0.25, 0.3) is 5.91 Å². The zero-order chi connectivity index (χ0) is 23.6. The molecular weight excluding hydrogens is 444 g/mol. The number of hydrogen-bond acceptors (Lipinski definition) is 7. The van der Waals surface area contributed by atoms with Crippen molar-refractivity contribution in [2.45, 2.75) is 31.6 Å². The number of nitrogen functional groups attached to an aromatic ring is 1. The third kappa shape index (κ3) is 5.42. The van der Waals surface area contributed by atoms with Gasteiger partial charge in [-0.25, -0.2) is 14.4 Å². The van der Waals surface area contributed by atoms with Gasteiger partial charge in [-0.05, 0) is 25.5 Å². The van der Waals surface area contributed by atoms with Crippen LogP contribution in [-0.2, 0) is 6.54 Å². The van der Waals surface area contributed by atoms with Crippen molar-refractivity contribution < 1.29 is 22.4 Å². The second-order valence-corrected chi connectivity index (χ2v) is 7.60. The lowest BCUT2D eigenvalue weighted by Crippen LogP contribution is -2.46. The fraction of sp³-hybridized carbons (Fsp3) is 0.350. The number of piperidine rings is 1. The van der Waals surface area contributed by atoms with Crippen molar-refractivity contribution in [1.82, 2.24) is 35.4 Å². The molecule has 0 spiro atoms. The highest BCUT2D eigenvalue weighted by molar-refractivity contribution is 5.97. The number of rotatable bonds is 5. The average Bonchev–Trinajstić information content (AvgIpc) is 3.22. The molecule has 13 heteroatoms. The Kier molecular flexibility index (Phi) is 6.22. The molecule has 1 saturated heterocycles. The van der Waals surface area contributed by atoms with Crippen LogP contribution in [0.1, 0.15) is 23.3 Å². The Morgan fingerprint density at radius 3 is 2.79 bits per heavy atom. The highest BCUT2D eigenvalue weighted by atomic mass is 19.4. The molecule has 1 fully saturated rings. The third-order valence-corrected chi connectivity index (χ3v) is 5.05. The molecule has 3 aromatic heterocycles. The standard InChI is InChI=1S/C20H20F4N8O/c21-14-7-27-15(11-5-29-32(9-11)10-20(22,23)24)4-13(14)16-8-28-18(25)17(31-16)19(33)30-12-2-1-3-26-6-12/h4-5,7-9,12,26H,1-3,6,10H2,(H2,25,28)(H,30,33). The summed E-state index contributed by atoms with van der Waals surface area (Å²) < 4.78 is 53.0. The SMILES string of the molecule is Nc1ncc(-c2cc(-c3cnn(CC(F)(F)F)c3)ncc2F)nc1C(=O)NC1CCCNC1. The summed E-state index contributed by atoms with van der Waals surface area (Å²) in [6.07, 6.45) is 1.76. The van der Waals surface area contributed by atoms with E-state index in [0.29, 0.717) is 11.2 Å². The van der Waals surface area contributed by atoms with E-state index in [2.05, 4.69) is 30.7 Å². The van der Waals surface area contributed by atoms with Crippen LogP contribution < -0.4 is 16.4 Å². The molecule has 1 unspecified atom stereocenters. The van der Waals surface area contributed by atoms with E-state index >= 15 is 0 Å². The molecule has 1 aliphatic heterocycles. The molecule has 1 amide bonds. The Hall–Kier alpha value is -3.61. The Labute approximate surface area is 185 Å². The minimum absolute atomic E-state index is 0.0277. The number of amides is 1. The molecule has 1 aliphatic rings. The lowest BCUT2D eigenvalue weighted by Gasteiger charge is -2.23. The molecule has 1 atom stereocenters. The van der Waals surface area contributed by atoms with E-state index in [-0.39, 0.29) is 40.1 Å². The first-order chi connectivity index (χ1) is 15.7. The van der Waals surface area contributed by atoms with E-state index in [1.165, 1.54) is 18.5 Å². The fourth-order valence-corrected chi connectivity index (χ4v) is 3.48. The summed E-state index contributed by atoms with van der Waals surface area (Å²) in [5, 5.41) is 9.68. The maximum absolute atomic E-state index is 14.6. The molecule has 0 saturated carbocycles. The van der Waals surface area contributed by atoms with Crippen molar-refractivity contribution >= 4 is 11.7 Å². The molecule has 0 bridgehead atoms. The first kappa shape index (κ1) is 22.6. The number of hydrogen-bond donors (Lipinski definition) is 3. The summed E-state index contributed by atoms with van der Waals surface area (Å²) in [4.78, 5) is 24.8. The zero-order valence-corrected chi connectivity index (χ0v) is 17.2. The number of carbonyl (C=O) groups is 1. The first-order valence-electron chi connectivity index (χ1n) is 10.1. The van der Waals surface area contributed by atoms with Crippen molar-refractivity contribution in [3.63, 3.8) is 0 Å². The third-order valence-electron chi connectivity index (χ3n) is 5.05. The van der Waals surface area contributed by atoms with Crippen molar-refractivity contribution in [1.29, 1.82) is 0 Å². The average molecular weight is 464 g/mol. The van der Waals surface area contributed by atoms with Crippen LogP contribution in [0, 0.1) is 5.82 Å². The largest absolute Gasteiger partial charge is 0.408 e. The van der Waals surface area contributed by atoms with Gasteiger partial charge in [0.15, 0.2) is 17.3 Å². The number of halogens is 4. The summed E-state index contributed by atoms with van der Waals surface area (Å²) in [7, 11) is 0. The topological polar surface area (TPSA) is 124 Å². The van der Waals surface area contributed by atoms with Crippen molar-refractivity contribution in [3.8, 4) is 22.5 Å². The summed E-state index contributed by atoms with van der Waals surface area (Å²) in [5.74, 6) is -1.38. The molecule has 9 nitrogen and oxygen atoms in total. The van der Waals surface area contributed by atoms with Gasteiger partial charge in [0.05, 0.1) is 30.0 Å². The number of pyridine rings is 1. The van der Waals surface area contributed by atoms with E-state index in [1.54, 1.807) is 0 Å². The maximum atomic E-state index is 14.6. The fourth-order valence-electron chi connectivity index (χ4n) is 3.48. The predicted molar refractivity (Wildman–Crippen MR) is 110 cm³/mol. The van der Waals surface area contributed by atoms with Gasteiger partial charge in [0, 0.05) is 29.9 Å². The Bertz CT molecular complexity index is 1160. The minimum Gasteiger partial charge on any atom is -0.382 e. The van der Waals surface area contributed by atoms with Gasteiger partial charge in [-0.1, -0.05) is 0 Å². The Balaban J connectivity index is 1.61. The lowest BCUT2D eigenvalue weighted by molar-refractivity contribution is -0.142. The van der Waals surface area contributed by atoms with Crippen LogP contribution >= 0.6 is 0 Å². The Morgan fingerprint density at radius 2 is 2.06 bits per heavy atom. The molecule has 0 radical (unpaired) electrons. The highest BCUT2D eigenvalue weighted by Crippen LogP contribution is 2.27. The molecule has 0 aliphatic carbocycles. The summed E-state index contributed by atoms with van der Waals surface area (Å²) in [6, 6.07) is 1.21. The van der Waals surface area contributed by atoms with E-state index in [1.807, 2.05) is 0 Å². The monoisotopic (exact) mass is 464 g/mol. The zero-order valence-electron chi connectivity index (χ0n) is 17.2. The molecule has 33 heavy (non-hydrogen) atoms. The lowest BCUT2D eigenvalue weighted by atomic mass is 10.1. The molecule has 4 heterocycles. The first-order valence-corrected chi connectivity index (χ1v) is 10.1. The number of nitrogens with zero attached hydrogens (tertiary/aromatic N) is 5. The number of nitrogens with one attached hydrogen (secondary N) is 2. The summed E-state index contributed by atoms with van der Waals surface area (Å²) in [5.41, 5.74) is 6.11. The quantitative estimate of drug-likeness (QED) is 0.495. The van der Waals surface area contributed by atoms with Crippen molar-refractivity contribution in [3.05, 3.63) is 42.4 Å². The van der Waals surface area contributed by atoms with Crippen LogP contribution in [0.3, 0.4) is 0 Å². The van der Waals surface area contributed by atoms with Crippen LogP contribution in [0.2, 0.25) is 0 Å². The van der Waals surface area contributed by atoms with E-state index in [4.69, 9.17) is 5.73 Å². The number of carbonyl (C=O) groups excluding carboxylic acids is 1. The molecule has 4 N–H and O–H groups in total. The predicted octanol–water partition coefficient (Wildman–Crippen LogP) is 2.17. The van der Waals surface area contributed by atoms with Crippen LogP contribution in [-0.4, -0.2) is 55.9 Å². The van der Waals surface area contributed by atoms with Gasteiger partial charge in [-0.2, -0.15) is 18.3 Å². The molecule has 3 aromatic rings. The van der Waals surface area contributed by atoms with Gasteiger partial charge in [-0.3, -0.25) is 14.5 Å². The van der Waals surface area contributed by atoms with Gasteiger partial charge in [0.1, 0.15) is 6.54 Å². The van der Waals surface area contributed by atoms with Crippen molar-refractivity contribution in [2.24, 2.45) is 0 Å². The maximum Gasteiger partial charge on any atom is 0.408 e. The summed E-state index contributed by atoms with van der Waals surface area (Å²) in [6.45, 7) is 0.227. The molecular formula is C20H20F4N8O. The molecule has 0 aromatic carbocycles. The number of aromatic nitrogens is 5. The van der Waals surface area contributed by atoms with Crippen LogP contribution in [0.25, 0.3) is 22.5 Å². The number of anilines is 1. The number of alkyl halides is 3. The smallest absolute Gasteiger partial charge is 0.382 e. The Morgan fingerprint density at radius 1 is 1.24 bits per heavy atom. The van der Waals surface area contributed by atoms with Gasteiger partial charge >= 0.3 is 6.18 Å². The van der Waals surface area contributed by atoms with E-state index < -0.39 is 24.4 Å². The highest BCUT2D eigenvalue weighted by Gasteiger charge is 2.28. The second kappa shape index (κ2) is 9.10. The van der Waals surface area contributed by atoms with Crippen molar-refractivity contribution in [2.75, 3.05) is 18.8 Å². The van der Waals surface area contributed by atoms with Gasteiger partial charge in [0.2, 0.25) is 0 Å². The molecule has 174 valence electrons. The summed E-state index contributed by atoms with van der Waals surface area (Å²) >= 11 is 0. The number of nitrogens with two attached hydrogens (primary N) is 1. The molecule has 4 rings (SSSR count). The van der Waals surface area contributed by atoms with Crippen LogP contribution in [0.5, 0.6) is 0 Å². The minimum atomic E-state index is -4.44.